The second-order valence-electron chi connectivity index (χ2n) is 7.64. The number of nitrogens with one attached hydrogen (secondary N) is 3. The number of carbonyl (C=O) groups excluding carboxylic acids is 3. The van der Waals surface area contributed by atoms with Gasteiger partial charge in [0.15, 0.2) is 6.61 Å². The van der Waals surface area contributed by atoms with Crippen molar-refractivity contribution in [2.75, 3.05) is 18.5 Å². The SMILES string of the molecule is C=C1NC(=O)N[C@@H](c2cc(Cl)ccc2OCC(=O)OCC)[C@@H]1C(=O)Nc1ccc(C)c(C)c1. The fourth-order valence-corrected chi connectivity index (χ4v) is 3.71. The van der Waals surface area contributed by atoms with E-state index in [4.69, 9.17) is 21.1 Å². The van der Waals surface area contributed by atoms with Crippen LogP contribution >= 0.6 is 11.6 Å². The Morgan fingerprint density at radius 2 is 1.91 bits per heavy atom. The van der Waals surface area contributed by atoms with Crippen molar-refractivity contribution in [3.05, 3.63) is 70.4 Å². The molecule has 0 spiro atoms. The molecule has 2 atom stereocenters. The van der Waals surface area contributed by atoms with Gasteiger partial charge in [0.25, 0.3) is 0 Å². The van der Waals surface area contributed by atoms with Gasteiger partial charge in [-0.25, -0.2) is 9.59 Å². The zero-order valence-electron chi connectivity index (χ0n) is 18.7. The highest BCUT2D eigenvalue weighted by atomic mass is 35.5. The normalized spacial score (nSPS) is 17.6. The lowest BCUT2D eigenvalue weighted by atomic mass is 9.87. The number of amides is 3. The monoisotopic (exact) mass is 471 g/mol. The minimum atomic E-state index is -0.882. The van der Waals surface area contributed by atoms with Gasteiger partial charge in [0.2, 0.25) is 5.91 Å². The van der Waals surface area contributed by atoms with E-state index in [2.05, 4.69) is 22.5 Å². The van der Waals surface area contributed by atoms with Gasteiger partial charge in [-0.2, -0.15) is 0 Å². The molecule has 2 aromatic carbocycles. The maximum absolute atomic E-state index is 13.3. The second kappa shape index (κ2) is 10.4. The highest BCUT2D eigenvalue weighted by Gasteiger charge is 2.39. The first-order valence-corrected chi connectivity index (χ1v) is 10.8. The van der Waals surface area contributed by atoms with E-state index in [1.807, 2.05) is 26.0 Å². The smallest absolute Gasteiger partial charge is 0.344 e. The van der Waals surface area contributed by atoms with Gasteiger partial charge in [0, 0.05) is 22.0 Å². The molecule has 3 rings (SSSR count). The molecule has 0 radical (unpaired) electrons. The van der Waals surface area contributed by atoms with Crippen LogP contribution in [-0.2, 0) is 14.3 Å². The molecule has 8 nitrogen and oxygen atoms in total. The van der Waals surface area contributed by atoms with Crippen LogP contribution in [0.5, 0.6) is 5.75 Å². The van der Waals surface area contributed by atoms with Crippen molar-refractivity contribution >= 4 is 35.2 Å². The van der Waals surface area contributed by atoms with Crippen LogP contribution in [0.2, 0.25) is 5.02 Å². The molecule has 0 saturated carbocycles. The van der Waals surface area contributed by atoms with E-state index in [0.717, 1.165) is 11.1 Å². The van der Waals surface area contributed by atoms with Crippen LogP contribution in [0.15, 0.2) is 48.7 Å². The van der Waals surface area contributed by atoms with Gasteiger partial charge in [0.1, 0.15) is 11.7 Å². The minimum absolute atomic E-state index is 0.223. The Kier molecular flexibility index (Phi) is 7.60. The molecular weight excluding hydrogens is 446 g/mol. The van der Waals surface area contributed by atoms with Gasteiger partial charge in [-0.15, -0.1) is 0 Å². The predicted octanol–water partition coefficient (Wildman–Crippen LogP) is 4.02. The van der Waals surface area contributed by atoms with E-state index in [0.29, 0.717) is 16.3 Å². The lowest BCUT2D eigenvalue weighted by Gasteiger charge is -2.34. The topological polar surface area (TPSA) is 106 Å². The molecule has 1 aliphatic heterocycles. The molecule has 1 fully saturated rings. The number of esters is 1. The van der Waals surface area contributed by atoms with Gasteiger partial charge in [-0.1, -0.05) is 24.2 Å². The number of benzene rings is 2. The van der Waals surface area contributed by atoms with Gasteiger partial charge in [0.05, 0.1) is 12.6 Å². The van der Waals surface area contributed by atoms with Crippen molar-refractivity contribution < 1.29 is 23.9 Å². The molecule has 3 amide bonds. The van der Waals surface area contributed by atoms with Crippen molar-refractivity contribution in [1.82, 2.24) is 10.6 Å². The molecule has 0 aromatic heterocycles. The second-order valence-corrected chi connectivity index (χ2v) is 8.08. The summed E-state index contributed by atoms with van der Waals surface area (Å²) in [6.45, 7) is 9.41. The number of carbonyl (C=O) groups is 3. The molecule has 1 saturated heterocycles. The van der Waals surface area contributed by atoms with Crippen molar-refractivity contribution in [3.8, 4) is 5.75 Å². The molecule has 1 heterocycles. The fourth-order valence-electron chi connectivity index (χ4n) is 3.52. The standard InChI is InChI=1S/C24H26ClN3O5/c1-5-32-20(29)12-33-19-9-7-16(25)11-18(19)22-21(15(4)26-24(31)28-22)23(30)27-17-8-6-13(2)14(3)10-17/h6-11,21-22H,4-5,12H2,1-3H3,(H,27,30)(H2,26,28,31)/t21-,22+/m1/s1. The van der Waals surface area contributed by atoms with E-state index in [9.17, 15) is 14.4 Å². The molecule has 1 aliphatic rings. The Balaban J connectivity index is 1.93. The molecule has 9 heteroatoms. The average Bonchev–Trinajstić information content (AvgIpc) is 2.75. The average molecular weight is 472 g/mol. The summed E-state index contributed by atoms with van der Waals surface area (Å²) in [6, 6.07) is 8.98. The molecule has 0 unspecified atom stereocenters. The third-order valence-corrected chi connectivity index (χ3v) is 5.52. The van der Waals surface area contributed by atoms with Gasteiger partial charge >= 0.3 is 12.0 Å². The number of hydrogen-bond donors (Lipinski definition) is 3. The van der Waals surface area contributed by atoms with E-state index >= 15 is 0 Å². The Morgan fingerprint density at radius 1 is 1.15 bits per heavy atom. The third-order valence-electron chi connectivity index (χ3n) is 5.28. The number of hydrogen-bond acceptors (Lipinski definition) is 5. The Hall–Kier alpha value is -3.52. The van der Waals surface area contributed by atoms with E-state index in [1.165, 1.54) is 0 Å². The zero-order chi connectivity index (χ0) is 24.1. The molecule has 3 N–H and O–H groups in total. The van der Waals surface area contributed by atoms with E-state index in [-0.39, 0.29) is 30.6 Å². The molecule has 33 heavy (non-hydrogen) atoms. The number of halogens is 1. The molecule has 0 bridgehead atoms. The van der Waals surface area contributed by atoms with Crippen molar-refractivity contribution in [2.45, 2.75) is 26.8 Å². The summed E-state index contributed by atoms with van der Waals surface area (Å²) in [5.41, 5.74) is 3.41. The van der Waals surface area contributed by atoms with Gasteiger partial charge in [-0.05, 0) is 62.2 Å². The Morgan fingerprint density at radius 3 is 2.61 bits per heavy atom. The fraction of sp³-hybridized carbons (Fsp3) is 0.292. The lowest BCUT2D eigenvalue weighted by Crippen LogP contribution is -2.52. The van der Waals surface area contributed by atoms with Gasteiger partial charge in [-0.3, -0.25) is 4.79 Å². The first-order chi connectivity index (χ1) is 15.7. The molecule has 174 valence electrons. The maximum Gasteiger partial charge on any atom is 0.344 e. The van der Waals surface area contributed by atoms with E-state index in [1.54, 1.807) is 31.2 Å². The van der Waals surface area contributed by atoms with Crippen molar-refractivity contribution in [2.24, 2.45) is 5.92 Å². The third kappa shape index (κ3) is 5.84. The van der Waals surface area contributed by atoms with Crippen molar-refractivity contribution in [3.63, 3.8) is 0 Å². The highest BCUT2D eigenvalue weighted by molar-refractivity contribution is 6.30. The largest absolute Gasteiger partial charge is 0.482 e. The summed E-state index contributed by atoms with van der Waals surface area (Å²) in [6.07, 6.45) is 0. The number of rotatable bonds is 7. The van der Waals surface area contributed by atoms with E-state index < -0.39 is 24.0 Å². The van der Waals surface area contributed by atoms with Crippen LogP contribution in [0.4, 0.5) is 10.5 Å². The number of ether oxygens (including phenoxy) is 2. The molecule has 2 aromatic rings. The van der Waals surface area contributed by atoms with Gasteiger partial charge < -0.3 is 25.4 Å². The number of aryl methyl sites for hydroxylation is 2. The summed E-state index contributed by atoms with van der Waals surface area (Å²) in [7, 11) is 0. The van der Waals surface area contributed by atoms with Crippen LogP contribution in [0.1, 0.15) is 29.7 Å². The summed E-state index contributed by atoms with van der Waals surface area (Å²) < 4.78 is 10.5. The first kappa shape index (κ1) is 24.1. The zero-order valence-corrected chi connectivity index (χ0v) is 19.4. The van der Waals surface area contributed by atoms with Crippen LogP contribution in [0.3, 0.4) is 0 Å². The molecular formula is C24H26ClN3O5. The highest BCUT2D eigenvalue weighted by Crippen LogP contribution is 2.37. The Labute approximate surface area is 197 Å². The molecule has 0 aliphatic carbocycles. The maximum atomic E-state index is 13.3. The summed E-state index contributed by atoms with van der Waals surface area (Å²) in [5.74, 6) is -1.51. The summed E-state index contributed by atoms with van der Waals surface area (Å²) in [5, 5.41) is 8.58. The quantitative estimate of drug-likeness (QED) is 0.529. The number of anilines is 1. The van der Waals surface area contributed by atoms with Crippen LogP contribution in [-0.4, -0.2) is 31.1 Å². The predicted molar refractivity (Wildman–Crippen MR) is 125 cm³/mol. The van der Waals surface area contributed by atoms with Crippen LogP contribution < -0.4 is 20.7 Å². The Bertz CT molecular complexity index is 1100. The minimum Gasteiger partial charge on any atom is -0.482 e. The summed E-state index contributed by atoms with van der Waals surface area (Å²) in [4.78, 5) is 37.3. The summed E-state index contributed by atoms with van der Waals surface area (Å²) >= 11 is 6.21. The van der Waals surface area contributed by atoms with Crippen molar-refractivity contribution in [1.29, 1.82) is 0 Å². The first-order valence-electron chi connectivity index (χ1n) is 10.4. The van der Waals surface area contributed by atoms with Crippen LogP contribution in [0, 0.1) is 19.8 Å². The number of urea groups is 1. The van der Waals surface area contributed by atoms with Crippen LogP contribution in [0.25, 0.3) is 0 Å². The lowest BCUT2D eigenvalue weighted by molar-refractivity contribution is -0.145.